The normalized spacial score (nSPS) is 16.0. The molecular formula is C16H24N2O3S. The lowest BCUT2D eigenvalue weighted by Crippen LogP contribution is -2.36. The van der Waals surface area contributed by atoms with Crippen LogP contribution in [0.2, 0.25) is 0 Å². The fourth-order valence-corrected chi connectivity index (χ4v) is 3.89. The number of benzene rings is 1. The zero-order valence-electron chi connectivity index (χ0n) is 13.6. The first kappa shape index (κ1) is 17.0. The van der Waals surface area contributed by atoms with Crippen molar-refractivity contribution in [1.29, 1.82) is 0 Å². The minimum Gasteiger partial charge on any atom is -0.312 e. The average molecular weight is 324 g/mol. The highest BCUT2D eigenvalue weighted by Gasteiger charge is 2.26. The van der Waals surface area contributed by atoms with E-state index in [1.54, 1.807) is 23.1 Å². The molecule has 2 rings (SSSR count). The van der Waals surface area contributed by atoms with E-state index in [1.165, 1.54) is 0 Å². The Morgan fingerprint density at radius 3 is 2.59 bits per heavy atom. The Bertz CT molecular complexity index is 668. The maximum atomic E-state index is 12.4. The van der Waals surface area contributed by atoms with Gasteiger partial charge in [-0.05, 0) is 43.0 Å². The summed E-state index contributed by atoms with van der Waals surface area (Å²) in [5, 5.41) is 0. The number of carbonyl (C=O) groups excluding carboxylic acids is 1. The zero-order valence-corrected chi connectivity index (χ0v) is 14.4. The number of anilines is 1. The molecule has 1 N–H and O–H groups in total. The highest BCUT2D eigenvalue weighted by molar-refractivity contribution is 7.89. The molecule has 0 saturated heterocycles. The second-order valence-corrected chi connectivity index (χ2v) is 7.81. The second kappa shape index (κ2) is 6.38. The van der Waals surface area contributed by atoms with Crippen LogP contribution in [0.25, 0.3) is 0 Å². The lowest BCUT2D eigenvalue weighted by molar-refractivity contribution is -0.118. The van der Waals surface area contributed by atoms with Crippen molar-refractivity contribution in [1.82, 2.24) is 4.72 Å². The van der Waals surface area contributed by atoms with Crippen LogP contribution in [-0.2, 0) is 21.2 Å². The van der Waals surface area contributed by atoms with Crippen molar-refractivity contribution in [3.05, 3.63) is 23.8 Å². The van der Waals surface area contributed by atoms with Gasteiger partial charge < -0.3 is 4.90 Å². The number of carbonyl (C=O) groups is 1. The molecule has 0 unspecified atom stereocenters. The summed E-state index contributed by atoms with van der Waals surface area (Å²) in [7, 11) is -3.52. The Labute approximate surface area is 132 Å². The molecule has 0 spiro atoms. The molecule has 0 fully saturated rings. The molecular weight excluding hydrogens is 300 g/mol. The Kier molecular flexibility index (Phi) is 4.92. The van der Waals surface area contributed by atoms with Crippen LogP contribution in [0.4, 0.5) is 5.69 Å². The summed E-state index contributed by atoms with van der Waals surface area (Å²) < 4.78 is 27.6. The van der Waals surface area contributed by atoms with Crippen LogP contribution in [0.1, 0.15) is 39.7 Å². The number of hydrogen-bond acceptors (Lipinski definition) is 3. The minimum absolute atomic E-state index is 0.0703. The molecule has 1 heterocycles. The van der Waals surface area contributed by atoms with Gasteiger partial charge in [0.15, 0.2) is 0 Å². The molecule has 1 atom stereocenters. The van der Waals surface area contributed by atoms with E-state index in [9.17, 15) is 13.2 Å². The number of nitrogens with one attached hydrogen (secondary N) is 1. The van der Waals surface area contributed by atoms with E-state index in [0.29, 0.717) is 19.4 Å². The van der Waals surface area contributed by atoms with Gasteiger partial charge in [0.05, 0.1) is 4.90 Å². The van der Waals surface area contributed by atoms with Gasteiger partial charge in [-0.1, -0.05) is 20.8 Å². The van der Waals surface area contributed by atoms with Gasteiger partial charge in [-0.3, -0.25) is 4.79 Å². The van der Waals surface area contributed by atoms with E-state index in [1.807, 2.05) is 27.7 Å². The van der Waals surface area contributed by atoms with E-state index in [2.05, 4.69) is 4.72 Å². The first-order valence-corrected chi connectivity index (χ1v) is 9.20. The molecule has 1 aromatic carbocycles. The van der Waals surface area contributed by atoms with Gasteiger partial charge in [0, 0.05) is 24.7 Å². The van der Waals surface area contributed by atoms with E-state index in [-0.39, 0.29) is 22.8 Å². The number of sulfonamides is 1. The smallest absolute Gasteiger partial charge is 0.240 e. The summed E-state index contributed by atoms with van der Waals surface area (Å²) in [6.45, 7) is 8.27. The summed E-state index contributed by atoms with van der Waals surface area (Å²) in [6.07, 6.45) is 1.15. The zero-order chi connectivity index (χ0) is 16.5. The molecule has 1 aliphatic rings. The van der Waals surface area contributed by atoms with Crippen molar-refractivity contribution in [2.45, 2.75) is 51.5 Å². The van der Waals surface area contributed by atoms with Gasteiger partial charge in [-0.25, -0.2) is 13.1 Å². The van der Waals surface area contributed by atoms with Crippen LogP contribution in [0.3, 0.4) is 0 Å². The van der Waals surface area contributed by atoms with Crippen LogP contribution in [0, 0.1) is 5.92 Å². The molecule has 0 bridgehead atoms. The molecule has 0 aliphatic carbocycles. The largest absolute Gasteiger partial charge is 0.312 e. The van der Waals surface area contributed by atoms with Crippen molar-refractivity contribution in [3.8, 4) is 0 Å². The van der Waals surface area contributed by atoms with Gasteiger partial charge in [-0.2, -0.15) is 0 Å². The Balaban J connectivity index is 2.28. The monoisotopic (exact) mass is 324 g/mol. The molecule has 0 saturated carbocycles. The van der Waals surface area contributed by atoms with Crippen molar-refractivity contribution in [2.24, 2.45) is 5.92 Å². The predicted molar refractivity (Wildman–Crippen MR) is 87.4 cm³/mol. The topological polar surface area (TPSA) is 66.5 Å². The molecule has 1 amide bonds. The predicted octanol–water partition coefficient (Wildman–Crippen LogP) is 2.31. The Morgan fingerprint density at radius 1 is 1.32 bits per heavy atom. The van der Waals surface area contributed by atoms with E-state index >= 15 is 0 Å². The Morgan fingerprint density at radius 2 is 2.00 bits per heavy atom. The second-order valence-electron chi connectivity index (χ2n) is 6.09. The van der Waals surface area contributed by atoms with Crippen LogP contribution in [0.15, 0.2) is 23.1 Å². The molecule has 0 aromatic heterocycles. The summed E-state index contributed by atoms with van der Waals surface area (Å²) in [5.41, 5.74) is 1.75. The molecule has 122 valence electrons. The maximum Gasteiger partial charge on any atom is 0.240 e. The van der Waals surface area contributed by atoms with Crippen LogP contribution < -0.4 is 9.62 Å². The van der Waals surface area contributed by atoms with Crippen molar-refractivity contribution in [3.63, 3.8) is 0 Å². The number of fused-ring (bicyclic) bond motifs is 1. The Hall–Kier alpha value is -1.40. The molecule has 0 radical (unpaired) electrons. The first-order chi connectivity index (χ1) is 10.3. The van der Waals surface area contributed by atoms with E-state index in [0.717, 1.165) is 11.3 Å². The lowest BCUT2D eigenvalue weighted by Gasteiger charge is -2.19. The molecule has 22 heavy (non-hydrogen) atoms. The van der Waals surface area contributed by atoms with Crippen molar-refractivity contribution < 1.29 is 13.2 Å². The number of amides is 1. The van der Waals surface area contributed by atoms with E-state index in [4.69, 9.17) is 0 Å². The highest BCUT2D eigenvalue weighted by Crippen LogP contribution is 2.30. The molecule has 1 aromatic rings. The fourth-order valence-electron chi connectivity index (χ4n) is 2.44. The first-order valence-electron chi connectivity index (χ1n) is 7.72. The van der Waals surface area contributed by atoms with Gasteiger partial charge in [0.2, 0.25) is 15.9 Å². The van der Waals surface area contributed by atoms with Crippen LogP contribution in [-0.4, -0.2) is 26.9 Å². The third-order valence-electron chi connectivity index (χ3n) is 4.20. The molecule has 5 nitrogen and oxygen atoms in total. The van der Waals surface area contributed by atoms with Crippen LogP contribution >= 0.6 is 0 Å². The summed E-state index contributed by atoms with van der Waals surface area (Å²) in [4.78, 5) is 13.9. The summed E-state index contributed by atoms with van der Waals surface area (Å²) in [5.74, 6) is 0.294. The van der Waals surface area contributed by atoms with Gasteiger partial charge in [0.1, 0.15) is 0 Å². The van der Waals surface area contributed by atoms with Gasteiger partial charge >= 0.3 is 0 Å². The van der Waals surface area contributed by atoms with E-state index < -0.39 is 10.0 Å². The van der Waals surface area contributed by atoms with Crippen LogP contribution in [0.5, 0.6) is 0 Å². The number of hydrogen-bond donors (Lipinski definition) is 1. The quantitative estimate of drug-likeness (QED) is 0.904. The fraction of sp³-hybridized carbons (Fsp3) is 0.562. The van der Waals surface area contributed by atoms with Gasteiger partial charge in [-0.15, -0.1) is 0 Å². The minimum atomic E-state index is -3.52. The summed E-state index contributed by atoms with van der Waals surface area (Å²) >= 11 is 0. The third kappa shape index (κ3) is 3.33. The van der Waals surface area contributed by atoms with Crippen molar-refractivity contribution in [2.75, 3.05) is 11.4 Å². The molecule has 1 aliphatic heterocycles. The summed E-state index contributed by atoms with van der Waals surface area (Å²) in [6, 6.07) is 4.88. The number of rotatable bonds is 5. The number of nitrogens with zero attached hydrogens (tertiary/aromatic N) is 1. The average Bonchev–Trinajstić information content (AvgIpc) is 2.88. The SMILES string of the molecule is CCC(=O)N1CCc2cc(S(=O)(=O)N[C@@H](C)C(C)C)ccc21. The van der Waals surface area contributed by atoms with Gasteiger partial charge in [0.25, 0.3) is 0 Å². The highest BCUT2D eigenvalue weighted by atomic mass is 32.2. The third-order valence-corrected chi connectivity index (χ3v) is 5.76. The lowest BCUT2D eigenvalue weighted by atomic mass is 10.1. The standard InChI is InChI=1S/C16H24N2O3S/c1-5-16(19)18-9-8-13-10-14(6-7-15(13)18)22(20,21)17-12(4)11(2)3/h6-7,10-12,17H,5,8-9H2,1-4H3/t12-/m0/s1. The molecule has 6 heteroatoms. The van der Waals surface area contributed by atoms with Crippen molar-refractivity contribution >= 4 is 21.6 Å². The maximum absolute atomic E-state index is 12.4.